The van der Waals surface area contributed by atoms with E-state index in [1.165, 1.54) is 7.11 Å². The molecule has 0 radical (unpaired) electrons. The van der Waals surface area contributed by atoms with Crippen LogP contribution in [-0.4, -0.2) is 77.0 Å². The van der Waals surface area contributed by atoms with Gasteiger partial charge in [0.2, 0.25) is 0 Å². The quantitative estimate of drug-likeness (QED) is 0.231. The summed E-state index contributed by atoms with van der Waals surface area (Å²) in [7, 11) is 3.13. The van der Waals surface area contributed by atoms with Gasteiger partial charge in [-0.05, 0) is 26.2 Å². The first kappa shape index (κ1) is 22.7. The number of methoxy groups -OCH3 is 2. The van der Waals surface area contributed by atoms with Crippen molar-refractivity contribution in [3.8, 4) is 0 Å². The lowest BCUT2D eigenvalue weighted by Gasteiger charge is -2.21. The fourth-order valence-corrected chi connectivity index (χ4v) is 3.00. The molecular weight excluding hydrogens is 334 g/mol. The number of carbonyl (C=O) groups is 1. The van der Waals surface area contributed by atoms with Gasteiger partial charge in [0.25, 0.3) is 0 Å². The Morgan fingerprint density at radius 3 is 2.73 bits per heavy atom. The Bertz CT molecular complexity index is 404. The number of unbranched alkanes of at least 4 members (excludes halogenated alkanes) is 3. The highest BCUT2D eigenvalue weighted by Gasteiger charge is 2.24. The predicted molar refractivity (Wildman–Crippen MR) is 103 cm³/mol. The van der Waals surface area contributed by atoms with Crippen molar-refractivity contribution >= 4 is 11.9 Å². The van der Waals surface area contributed by atoms with Crippen LogP contribution in [0.5, 0.6) is 0 Å². The zero-order chi connectivity index (χ0) is 19.0. The van der Waals surface area contributed by atoms with Gasteiger partial charge in [-0.2, -0.15) is 0 Å². The van der Waals surface area contributed by atoms with Crippen LogP contribution in [0.1, 0.15) is 45.4 Å². The van der Waals surface area contributed by atoms with Crippen molar-refractivity contribution < 1.29 is 19.0 Å². The topological polar surface area (TPSA) is 72.4 Å². The lowest BCUT2D eigenvalue weighted by atomic mass is 10.1. The Kier molecular flexibility index (Phi) is 12.9. The first-order valence-electron chi connectivity index (χ1n) is 9.88. The van der Waals surface area contributed by atoms with Gasteiger partial charge in [-0.3, -0.25) is 9.79 Å². The van der Waals surface area contributed by atoms with Crippen LogP contribution in [0, 0.1) is 5.92 Å². The van der Waals surface area contributed by atoms with Gasteiger partial charge >= 0.3 is 5.97 Å². The fourth-order valence-electron chi connectivity index (χ4n) is 3.00. The van der Waals surface area contributed by atoms with E-state index in [1.54, 1.807) is 7.11 Å². The van der Waals surface area contributed by atoms with Crippen LogP contribution < -0.4 is 5.32 Å². The predicted octanol–water partition coefficient (Wildman–Crippen LogP) is 2.06. The molecule has 7 nitrogen and oxygen atoms in total. The monoisotopic (exact) mass is 371 g/mol. The van der Waals surface area contributed by atoms with Gasteiger partial charge < -0.3 is 24.4 Å². The molecule has 152 valence electrons. The molecule has 0 aromatic heterocycles. The van der Waals surface area contributed by atoms with Gasteiger partial charge in [-0.25, -0.2) is 0 Å². The number of nitrogens with zero attached hydrogens (tertiary/aromatic N) is 2. The molecule has 0 aliphatic carbocycles. The van der Waals surface area contributed by atoms with Crippen molar-refractivity contribution in [3.63, 3.8) is 0 Å². The molecule has 26 heavy (non-hydrogen) atoms. The molecule has 1 unspecified atom stereocenters. The van der Waals surface area contributed by atoms with Gasteiger partial charge in [0.05, 0.1) is 26.9 Å². The number of guanidine groups is 1. The van der Waals surface area contributed by atoms with Crippen LogP contribution in [0.2, 0.25) is 0 Å². The molecular formula is C19H37N3O4. The van der Waals surface area contributed by atoms with Gasteiger partial charge in [0.15, 0.2) is 5.96 Å². The highest BCUT2D eigenvalue weighted by Crippen LogP contribution is 2.16. The molecule has 1 saturated heterocycles. The first-order chi connectivity index (χ1) is 12.7. The highest BCUT2D eigenvalue weighted by molar-refractivity contribution is 5.80. The summed E-state index contributed by atoms with van der Waals surface area (Å²) >= 11 is 0. The lowest BCUT2D eigenvalue weighted by molar-refractivity contribution is -0.140. The fraction of sp³-hybridized carbons (Fsp3) is 0.895. The number of carbonyl (C=O) groups excluding carboxylic acids is 1. The number of ether oxygens (including phenoxy) is 3. The number of hydrogen-bond donors (Lipinski definition) is 1. The van der Waals surface area contributed by atoms with Crippen molar-refractivity contribution in [1.29, 1.82) is 0 Å². The maximum Gasteiger partial charge on any atom is 0.305 e. The van der Waals surface area contributed by atoms with E-state index >= 15 is 0 Å². The smallest absolute Gasteiger partial charge is 0.305 e. The second kappa shape index (κ2) is 14.8. The lowest BCUT2D eigenvalue weighted by Crippen LogP contribution is -2.40. The first-order valence-corrected chi connectivity index (χ1v) is 9.88. The minimum atomic E-state index is -0.118. The molecule has 0 aromatic rings. The van der Waals surface area contributed by atoms with Crippen molar-refractivity contribution in [3.05, 3.63) is 0 Å². The normalized spacial score (nSPS) is 17.6. The van der Waals surface area contributed by atoms with Gasteiger partial charge in [-0.1, -0.05) is 12.8 Å². The third-order valence-corrected chi connectivity index (χ3v) is 4.48. The zero-order valence-corrected chi connectivity index (χ0v) is 16.8. The van der Waals surface area contributed by atoms with E-state index in [4.69, 9.17) is 14.5 Å². The standard InChI is InChI=1S/C19H37N3O4/c1-4-20-19(21-11-8-6-5-7-9-18(23)25-3)22-12-10-17(15-22)16-26-14-13-24-2/h17H,4-16H2,1-3H3,(H,20,21). The molecule has 1 fully saturated rings. The van der Waals surface area contributed by atoms with E-state index < -0.39 is 0 Å². The highest BCUT2D eigenvalue weighted by atomic mass is 16.5. The van der Waals surface area contributed by atoms with Crippen molar-refractivity contribution in [2.24, 2.45) is 10.9 Å². The zero-order valence-electron chi connectivity index (χ0n) is 16.8. The summed E-state index contributed by atoms with van der Waals surface area (Å²) in [6, 6.07) is 0. The molecule has 0 aromatic carbocycles. The van der Waals surface area contributed by atoms with Crippen LogP contribution >= 0.6 is 0 Å². The average Bonchev–Trinajstić information content (AvgIpc) is 3.12. The molecule has 1 aliphatic heterocycles. The summed E-state index contributed by atoms with van der Waals surface area (Å²) in [4.78, 5) is 18.2. The number of hydrogen-bond acceptors (Lipinski definition) is 5. The second-order valence-corrected chi connectivity index (χ2v) is 6.64. The number of rotatable bonds is 13. The summed E-state index contributed by atoms with van der Waals surface area (Å²) in [5.41, 5.74) is 0. The molecule has 0 amide bonds. The molecule has 0 saturated carbocycles. The average molecular weight is 372 g/mol. The third kappa shape index (κ3) is 9.97. The molecule has 0 spiro atoms. The van der Waals surface area contributed by atoms with Gasteiger partial charge in [0.1, 0.15) is 0 Å². The van der Waals surface area contributed by atoms with E-state index in [9.17, 15) is 4.79 Å². The summed E-state index contributed by atoms with van der Waals surface area (Å²) in [5, 5.41) is 3.40. The Morgan fingerprint density at radius 1 is 1.19 bits per heavy atom. The third-order valence-electron chi connectivity index (χ3n) is 4.48. The maximum absolute atomic E-state index is 11.1. The Morgan fingerprint density at radius 2 is 2.00 bits per heavy atom. The maximum atomic E-state index is 11.1. The van der Waals surface area contributed by atoms with Crippen LogP contribution in [0.3, 0.4) is 0 Å². The summed E-state index contributed by atoms with van der Waals surface area (Å²) in [6.07, 6.45) is 5.75. The van der Waals surface area contributed by atoms with Crippen LogP contribution in [0.4, 0.5) is 0 Å². The van der Waals surface area contributed by atoms with Gasteiger partial charge in [-0.15, -0.1) is 0 Å². The van der Waals surface area contributed by atoms with Crippen molar-refractivity contribution in [2.75, 3.05) is 60.2 Å². The summed E-state index contributed by atoms with van der Waals surface area (Å²) in [5.74, 6) is 1.46. The molecule has 1 atom stereocenters. The van der Waals surface area contributed by atoms with Crippen molar-refractivity contribution in [1.82, 2.24) is 10.2 Å². The number of aliphatic imine (C=N–C) groups is 1. The molecule has 1 N–H and O–H groups in total. The molecule has 1 heterocycles. The number of nitrogens with one attached hydrogen (secondary N) is 1. The largest absolute Gasteiger partial charge is 0.469 e. The Labute approximate surface area is 158 Å². The molecule has 1 aliphatic rings. The Balaban J connectivity index is 2.23. The minimum Gasteiger partial charge on any atom is -0.469 e. The van der Waals surface area contributed by atoms with E-state index in [2.05, 4.69) is 21.9 Å². The van der Waals surface area contributed by atoms with E-state index in [0.717, 1.165) is 70.8 Å². The number of esters is 1. The molecule has 7 heteroatoms. The van der Waals surface area contributed by atoms with Crippen molar-refractivity contribution in [2.45, 2.75) is 45.4 Å². The van der Waals surface area contributed by atoms with Gasteiger partial charge in [0, 0.05) is 45.6 Å². The number of likely N-dealkylation sites (tertiary alicyclic amines) is 1. The SMILES string of the molecule is CCNC(=NCCCCCCC(=O)OC)N1CCC(COCCOC)C1. The van der Waals surface area contributed by atoms with Crippen LogP contribution in [0.15, 0.2) is 4.99 Å². The summed E-state index contributed by atoms with van der Waals surface area (Å²) in [6.45, 7) is 7.94. The van der Waals surface area contributed by atoms with Crippen LogP contribution in [0.25, 0.3) is 0 Å². The molecule has 1 rings (SSSR count). The van der Waals surface area contributed by atoms with E-state index in [-0.39, 0.29) is 5.97 Å². The van der Waals surface area contributed by atoms with E-state index in [1.807, 2.05) is 0 Å². The Hall–Kier alpha value is -1.34. The minimum absolute atomic E-state index is 0.118. The summed E-state index contributed by atoms with van der Waals surface area (Å²) < 4.78 is 15.3. The second-order valence-electron chi connectivity index (χ2n) is 6.64. The van der Waals surface area contributed by atoms with E-state index in [0.29, 0.717) is 25.6 Å². The molecule has 0 bridgehead atoms. The van der Waals surface area contributed by atoms with Crippen LogP contribution in [-0.2, 0) is 19.0 Å².